The monoisotopic (exact) mass is 402 g/mol. The van der Waals surface area contributed by atoms with Crippen LogP contribution in [0.2, 0.25) is 0 Å². The second-order valence-electron chi connectivity index (χ2n) is 7.91. The number of rotatable bonds is 7. The van der Waals surface area contributed by atoms with Crippen molar-refractivity contribution in [3.05, 3.63) is 54.5 Å². The van der Waals surface area contributed by atoms with Crippen molar-refractivity contribution >= 4 is 21.8 Å². The van der Waals surface area contributed by atoms with Gasteiger partial charge in [0.15, 0.2) is 0 Å². The van der Waals surface area contributed by atoms with Gasteiger partial charge in [0, 0.05) is 29.2 Å². The van der Waals surface area contributed by atoms with Crippen molar-refractivity contribution in [1.29, 1.82) is 0 Å². The summed E-state index contributed by atoms with van der Waals surface area (Å²) in [7, 11) is 0. The van der Waals surface area contributed by atoms with Crippen LogP contribution in [0.15, 0.2) is 48.8 Å². The van der Waals surface area contributed by atoms with Gasteiger partial charge in [-0.3, -0.25) is 0 Å². The van der Waals surface area contributed by atoms with Crippen LogP contribution in [0.25, 0.3) is 21.8 Å². The number of fused-ring (bicyclic) bond motifs is 2. The molecule has 0 amide bonds. The lowest BCUT2D eigenvalue weighted by Gasteiger charge is -2.14. The van der Waals surface area contributed by atoms with Gasteiger partial charge in [0.2, 0.25) is 5.88 Å². The van der Waals surface area contributed by atoms with Crippen molar-refractivity contribution in [3.8, 4) is 17.4 Å². The highest BCUT2D eigenvalue weighted by molar-refractivity contribution is 5.85. The van der Waals surface area contributed by atoms with E-state index in [1.165, 1.54) is 32.3 Å². The first-order valence-corrected chi connectivity index (χ1v) is 10.6. The Labute approximate surface area is 175 Å². The number of likely N-dealkylation sites (tertiary alicyclic amines) is 1. The predicted octanol–water partition coefficient (Wildman–Crippen LogP) is 5.08. The summed E-state index contributed by atoms with van der Waals surface area (Å²) < 4.78 is 12.0. The summed E-state index contributed by atoms with van der Waals surface area (Å²) in [4.78, 5) is 14.6. The molecule has 1 fully saturated rings. The van der Waals surface area contributed by atoms with Crippen LogP contribution < -0.4 is 9.47 Å². The van der Waals surface area contributed by atoms with E-state index >= 15 is 0 Å². The SMILES string of the molecule is Cc1cc2cc(Oc3ncnc4cc(OCCCN5CCCC5)ccc34)ccc2[nH]1. The Morgan fingerprint density at radius 3 is 2.77 bits per heavy atom. The molecule has 0 atom stereocenters. The van der Waals surface area contributed by atoms with E-state index in [9.17, 15) is 0 Å². The van der Waals surface area contributed by atoms with Gasteiger partial charge in [-0.2, -0.15) is 0 Å². The lowest BCUT2D eigenvalue weighted by Crippen LogP contribution is -2.21. The molecule has 6 heteroatoms. The van der Waals surface area contributed by atoms with Crippen molar-refractivity contribution in [2.75, 3.05) is 26.2 Å². The van der Waals surface area contributed by atoms with Crippen molar-refractivity contribution in [2.45, 2.75) is 26.2 Å². The highest BCUT2D eigenvalue weighted by Crippen LogP contribution is 2.30. The summed E-state index contributed by atoms with van der Waals surface area (Å²) in [5, 5.41) is 1.99. The minimum Gasteiger partial charge on any atom is -0.493 e. The number of ether oxygens (including phenoxy) is 2. The van der Waals surface area contributed by atoms with Crippen LogP contribution in [0.1, 0.15) is 25.0 Å². The number of hydrogen-bond acceptors (Lipinski definition) is 5. The molecule has 1 saturated heterocycles. The summed E-state index contributed by atoms with van der Waals surface area (Å²) in [6, 6.07) is 14.0. The van der Waals surface area contributed by atoms with E-state index in [0.29, 0.717) is 12.5 Å². The van der Waals surface area contributed by atoms with Crippen molar-refractivity contribution < 1.29 is 9.47 Å². The van der Waals surface area contributed by atoms with Gasteiger partial charge in [-0.15, -0.1) is 0 Å². The van der Waals surface area contributed by atoms with Gasteiger partial charge in [-0.25, -0.2) is 9.97 Å². The smallest absolute Gasteiger partial charge is 0.230 e. The Balaban J connectivity index is 1.28. The summed E-state index contributed by atoms with van der Waals surface area (Å²) in [6.45, 7) is 6.33. The van der Waals surface area contributed by atoms with E-state index in [-0.39, 0.29) is 0 Å². The number of hydrogen-bond donors (Lipinski definition) is 1. The third-order valence-electron chi connectivity index (χ3n) is 5.60. The largest absolute Gasteiger partial charge is 0.493 e. The molecule has 154 valence electrons. The molecule has 0 aliphatic carbocycles. The molecule has 30 heavy (non-hydrogen) atoms. The second kappa shape index (κ2) is 8.32. The fourth-order valence-electron chi connectivity index (χ4n) is 4.10. The molecular weight excluding hydrogens is 376 g/mol. The minimum absolute atomic E-state index is 0.548. The zero-order chi connectivity index (χ0) is 20.3. The van der Waals surface area contributed by atoms with Crippen LogP contribution in [-0.2, 0) is 0 Å². The van der Waals surface area contributed by atoms with E-state index in [2.05, 4.69) is 25.9 Å². The van der Waals surface area contributed by atoms with Crippen molar-refractivity contribution in [1.82, 2.24) is 19.9 Å². The maximum atomic E-state index is 6.09. The molecule has 1 N–H and O–H groups in total. The number of aromatic nitrogens is 3. The minimum atomic E-state index is 0.548. The van der Waals surface area contributed by atoms with Crippen molar-refractivity contribution in [2.24, 2.45) is 0 Å². The van der Waals surface area contributed by atoms with Crippen LogP contribution in [0.5, 0.6) is 17.4 Å². The molecule has 4 aromatic rings. The molecule has 5 rings (SSSR count). The lowest BCUT2D eigenvalue weighted by atomic mass is 10.2. The number of benzene rings is 2. The van der Waals surface area contributed by atoms with E-state index in [1.54, 1.807) is 0 Å². The number of aromatic amines is 1. The Hall–Kier alpha value is -3.12. The first-order chi connectivity index (χ1) is 14.7. The van der Waals surface area contributed by atoms with Gasteiger partial charge < -0.3 is 19.4 Å². The lowest BCUT2D eigenvalue weighted by molar-refractivity contribution is 0.263. The summed E-state index contributed by atoms with van der Waals surface area (Å²) in [6.07, 6.45) is 5.23. The number of aryl methyl sites for hydroxylation is 1. The molecule has 1 aliphatic rings. The molecule has 3 heterocycles. The van der Waals surface area contributed by atoms with E-state index in [1.807, 2.05) is 43.3 Å². The standard InChI is InChI=1S/C24H26N4O2/c1-17-13-18-14-20(6-8-22(18)27-17)30-24-21-7-5-19(15-23(21)25-16-26-24)29-12-4-11-28-9-2-3-10-28/h5-8,13-16,27H,2-4,9-12H2,1H3. The first kappa shape index (κ1) is 18.9. The van der Waals surface area contributed by atoms with E-state index in [4.69, 9.17) is 9.47 Å². The molecule has 0 spiro atoms. The fraction of sp³-hybridized carbons (Fsp3) is 0.333. The van der Waals surface area contributed by atoms with Gasteiger partial charge in [0.1, 0.15) is 17.8 Å². The average Bonchev–Trinajstić information content (AvgIpc) is 3.39. The number of nitrogens with one attached hydrogen (secondary N) is 1. The molecular formula is C24H26N4O2. The average molecular weight is 402 g/mol. The van der Waals surface area contributed by atoms with E-state index < -0.39 is 0 Å². The molecule has 0 unspecified atom stereocenters. The predicted molar refractivity (Wildman–Crippen MR) is 118 cm³/mol. The van der Waals surface area contributed by atoms with Gasteiger partial charge >= 0.3 is 0 Å². The normalized spacial score (nSPS) is 14.6. The Morgan fingerprint density at radius 2 is 1.87 bits per heavy atom. The topological polar surface area (TPSA) is 63.3 Å². The molecule has 1 aliphatic heterocycles. The molecule has 0 saturated carbocycles. The van der Waals surface area contributed by atoms with Gasteiger partial charge in [0.05, 0.1) is 17.5 Å². The van der Waals surface area contributed by atoms with Gasteiger partial charge in [-0.1, -0.05) is 0 Å². The van der Waals surface area contributed by atoms with E-state index in [0.717, 1.165) is 52.0 Å². The second-order valence-corrected chi connectivity index (χ2v) is 7.91. The molecule has 0 radical (unpaired) electrons. The first-order valence-electron chi connectivity index (χ1n) is 10.6. The highest BCUT2D eigenvalue weighted by atomic mass is 16.5. The third kappa shape index (κ3) is 4.09. The number of nitrogens with zero attached hydrogens (tertiary/aromatic N) is 3. The quantitative estimate of drug-likeness (QED) is 0.437. The van der Waals surface area contributed by atoms with Crippen LogP contribution in [0.3, 0.4) is 0 Å². The fourth-order valence-corrected chi connectivity index (χ4v) is 4.10. The number of H-pyrrole nitrogens is 1. The molecule has 2 aromatic carbocycles. The Bertz CT molecular complexity index is 1160. The Kier molecular flexibility index (Phi) is 5.24. The zero-order valence-corrected chi connectivity index (χ0v) is 17.2. The summed E-state index contributed by atoms with van der Waals surface area (Å²) in [5.74, 6) is 2.13. The molecule has 6 nitrogen and oxygen atoms in total. The third-order valence-corrected chi connectivity index (χ3v) is 5.60. The van der Waals surface area contributed by atoms with Crippen LogP contribution in [0.4, 0.5) is 0 Å². The van der Waals surface area contributed by atoms with Crippen LogP contribution in [0, 0.1) is 6.92 Å². The van der Waals surface area contributed by atoms with Gasteiger partial charge in [-0.05, 0) is 75.7 Å². The van der Waals surface area contributed by atoms with Crippen LogP contribution >= 0.6 is 0 Å². The summed E-state index contributed by atoms with van der Waals surface area (Å²) in [5.41, 5.74) is 3.04. The maximum Gasteiger partial charge on any atom is 0.230 e. The van der Waals surface area contributed by atoms with Crippen LogP contribution in [-0.4, -0.2) is 46.1 Å². The molecule has 2 aromatic heterocycles. The zero-order valence-electron chi connectivity index (χ0n) is 17.2. The molecule has 0 bridgehead atoms. The highest BCUT2D eigenvalue weighted by Gasteiger charge is 2.11. The maximum absolute atomic E-state index is 6.09. The van der Waals surface area contributed by atoms with Gasteiger partial charge in [0.25, 0.3) is 0 Å². The van der Waals surface area contributed by atoms with Crippen molar-refractivity contribution in [3.63, 3.8) is 0 Å². The summed E-state index contributed by atoms with van der Waals surface area (Å²) >= 11 is 0. The Morgan fingerprint density at radius 1 is 1.00 bits per heavy atom.